The van der Waals surface area contributed by atoms with Crippen molar-refractivity contribution in [3.63, 3.8) is 0 Å². The van der Waals surface area contributed by atoms with Gasteiger partial charge in [0, 0.05) is 17.5 Å². The molecule has 2 aromatic rings. The van der Waals surface area contributed by atoms with E-state index >= 15 is 0 Å². The van der Waals surface area contributed by atoms with Crippen LogP contribution < -0.4 is 0 Å². The highest BCUT2D eigenvalue weighted by Crippen LogP contribution is 2.36. The molecule has 1 aliphatic rings. The molecule has 0 aromatic heterocycles. The zero-order valence-corrected chi connectivity index (χ0v) is 14.6. The summed E-state index contributed by atoms with van der Waals surface area (Å²) in [5.41, 5.74) is 2.01. The van der Waals surface area contributed by atoms with Gasteiger partial charge in [-0.2, -0.15) is 0 Å². The summed E-state index contributed by atoms with van der Waals surface area (Å²) >= 11 is 1.64. The Labute approximate surface area is 142 Å². The van der Waals surface area contributed by atoms with Gasteiger partial charge in [0.25, 0.3) is 5.91 Å². The number of thioether (sulfide) groups is 1. The van der Waals surface area contributed by atoms with Gasteiger partial charge in [0.15, 0.2) is 0 Å². The van der Waals surface area contributed by atoms with Crippen molar-refractivity contribution in [1.29, 1.82) is 0 Å². The van der Waals surface area contributed by atoms with Crippen LogP contribution in [0.2, 0.25) is 0 Å². The minimum absolute atomic E-state index is 0.151. The second-order valence-electron chi connectivity index (χ2n) is 6.20. The van der Waals surface area contributed by atoms with Gasteiger partial charge in [-0.05, 0) is 49.6 Å². The average molecular weight is 325 g/mol. The zero-order valence-electron chi connectivity index (χ0n) is 13.7. The Bertz CT molecular complexity index is 666. The Morgan fingerprint density at radius 1 is 1.13 bits per heavy atom. The quantitative estimate of drug-likeness (QED) is 0.708. The van der Waals surface area contributed by atoms with Gasteiger partial charge in [-0.1, -0.05) is 42.5 Å². The Morgan fingerprint density at radius 3 is 2.43 bits per heavy atom. The summed E-state index contributed by atoms with van der Waals surface area (Å²) in [6.45, 7) is 2.88. The summed E-state index contributed by atoms with van der Waals surface area (Å²) in [7, 11) is 0. The number of hydrogen-bond acceptors (Lipinski definition) is 2. The van der Waals surface area contributed by atoms with E-state index < -0.39 is 0 Å². The van der Waals surface area contributed by atoms with Crippen molar-refractivity contribution in [3.05, 3.63) is 65.7 Å². The average Bonchev–Trinajstić information content (AvgIpc) is 3.44. The van der Waals surface area contributed by atoms with Gasteiger partial charge in [-0.25, -0.2) is 0 Å². The molecule has 0 N–H and O–H groups in total. The number of rotatable bonds is 6. The molecule has 3 heteroatoms. The van der Waals surface area contributed by atoms with Crippen molar-refractivity contribution < 1.29 is 4.79 Å². The van der Waals surface area contributed by atoms with Gasteiger partial charge in [-0.3, -0.25) is 4.79 Å². The highest BCUT2D eigenvalue weighted by molar-refractivity contribution is 7.98. The van der Waals surface area contributed by atoms with E-state index in [0.29, 0.717) is 12.5 Å². The highest BCUT2D eigenvalue weighted by atomic mass is 32.2. The monoisotopic (exact) mass is 325 g/mol. The number of nitrogens with zero attached hydrogens (tertiary/aromatic N) is 1. The maximum Gasteiger partial charge on any atom is 0.255 e. The van der Waals surface area contributed by atoms with E-state index in [1.165, 1.54) is 18.4 Å². The van der Waals surface area contributed by atoms with Crippen LogP contribution in [-0.2, 0) is 6.54 Å². The molecule has 1 atom stereocenters. The number of benzene rings is 2. The van der Waals surface area contributed by atoms with Crippen molar-refractivity contribution in [3.8, 4) is 0 Å². The zero-order chi connectivity index (χ0) is 16.2. The summed E-state index contributed by atoms with van der Waals surface area (Å²) in [5, 5.41) is 0. The molecule has 1 unspecified atom stereocenters. The molecule has 0 aliphatic heterocycles. The molecule has 2 nitrogen and oxygen atoms in total. The predicted molar refractivity (Wildman–Crippen MR) is 96.7 cm³/mol. The van der Waals surface area contributed by atoms with E-state index in [4.69, 9.17) is 0 Å². The lowest BCUT2D eigenvalue weighted by atomic mass is 10.1. The van der Waals surface area contributed by atoms with E-state index in [2.05, 4.69) is 24.0 Å². The van der Waals surface area contributed by atoms with Crippen molar-refractivity contribution in [1.82, 2.24) is 4.90 Å². The molecular formula is C20H23NOS. The van der Waals surface area contributed by atoms with Gasteiger partial charge in [0.2, 0.25) is 0 Å². The molecule has 23 heavy (non-hydrogen) atoms. The third kappa shape index (κ3) is 3.78. The summed E-state index contributed by atoms with van der Waals surface area (Å²) in [5.74, 6) is 0.808. The molecule has 0 heterocycles. The molecule has 0 spiro atoms. The second-order valence-corrected chi connectivity index (χ2v) is 7.05. The molecule has 120 valence electrons. The maximum atomic E-state index is 13.2. The van der Waals surface area contributed by atoms with Crippen LogP contribution >= 0.6 is 11.8 Å². The van der Waals surface area contributed by atoms with Gasteiger partial charge >= 0.3 is 0 Å². The molecule has 0 bridgehead atoms. The normalized spacial score (nSPS) is 15.2. The lowest BCUT2D eigenvalue weighted by Gasteiger charge is -2.30. The first kappa shape index (κ1) is 16.1. The van der Waals surface area contributed by atoms with Crippen LogP contribution in [0.3, 0.4) is 0 Å². The van der Waals surface area contributed by atoms with Crippen LogP contribution in [0.5, 0.6) is 0 Å². The molecule has 1 amide bonds. The largest absolute Gasteiger partial charge is 0.331 e. The summed E-state index contributed by atoms with van der Waals surface area (Å²) in [6.07, 6.45) is 4.51. The first-order chi connectivity index (χ1) is 11.2. The molecular weight excluding hydrogens is 302 g/mol. The predicted octanol–water partition coefficient (Wildman–Crippen LogP) is 4.85. The van der Waals surface area contributed by atoms with Crippen LogP contribution in [0.25, 0.3) is 0 Å². The third-order valence-electron chi connectivity index (χ3n) is 4.59. The molecule has 1 fully saturated rings. The second kappa shape index (κ2) is 7.22. The molecule has 1 saturated carbocycles. The summed E-state index contributed by atoms with van der Waals surface area (Å²) in [4.78, 5) is 16.3. The Kier molecular flexibility index (Phi) is 5.06. The smallest absolute Gasteiger partial charge is 0.255 e. The standard InChI is InChI=1S/C20H23NOS/c1-15(17-12-13-17)21(14-16-8-4-3-5-9-16)20(22)18-10-6-7-11-19(18)23-2/h3-11,15,17H,12-14H2,1-2H3. The first-order valence-electron chi connectivity index (χ1n) is 8.18. The first-order valence-corrected chi connectivity index (χ1v) is 9.41. The van der Waals surface area contributed by atoms with E-state index in [0.717, 1.165) is 10.5 Å². The van der Waals surface area contributed by atoms with Crippen LogP contribution in [0.1, 0.15) is 35.7 Å². The fourth-order valence-electron chi connectivity index (χ4n) is 2.99. The number of amides is 1. The Balaban J connectivity index is 1.89. The molecule has 1 aliphatic carbocycles. The Hall–Kier alpha value is -1.74. The van der Waals surface area contributed by atoms with E-state index in [1.807, 2.05) is 48.7 Å². The van der Waals surface area contributed by atoms with E-state index in [9.17, 15) is 4.79 Å². The van der Waals surface area contributed by atoms with Gasteiger partial charge in [0.1, 0.15) is 0 Å². The topological polar surface area (TPSA) is 20.3 Å². The lowest BCUT2D eigenvalue weighted by molar-refractivity contribution is 0.0650. The van der Waals surface area contributed by atoms with Crippen molar-refractivity contribution in [2.75, 3.05) is 6.26 Å². The fraction of sp³-hybridized carbons (Fsp3) is 0.350. The lowest BCUT2D eigenvalue weighted by Crippen LogP contribution is -2.39. The van der Waals surface area contributed by atoms with Crippen molar-refractivity contribution in [2.45, 2.75) is 37.2 Å². The molecule has 0 saturated heterocycles. The van der Waals surface area contributed by atoms with E-state index in [-0.39, 0.29) is 11.9 Å². The van der Waals surface area contributed by atoms with Crippen LogP contribution in [0.15, 0.2) is 59.5 Å². The minimum Gasteiger partial charge on any atom is -0.331 e. The molecule has 0 radical (unpaired) electrons. The van der Waals surface area contributed by atoms with Gasteiger partial charge < -0.3 is 4.90 Å². The van der Waals surface area contributed by atoms with Crippen LogP contribution in [0, 0.1) is 5.92 Å². The van der Waals surface area contributed by atoms with Gasteiger partial charge in [-0.15, -0.1) is 11.8 Å². The Morgan fingerprint density at radius 2 is 1.78 bits per heavy atom. The SMILES string of the molecule is CSc1ccccc1C(=O)N(Cc1ccccc1)C(C)C1CC1. The number of hydrogen-bond donors (Lipinski definition) is 0. The van der Waals surface area contributed by atoms with Crippen LogP contribution in [0.4, 0.5) is 0 Å². The van der Waals surface area contributed by atoms with Crippen molar-refractivity contribution >= 4 is 17.7 Å². The minimum atomic E-state index is 0.151. The summed E-state index contributed by atoms with van der Waals surface area (Å²) in [6, 6.07) is 18.5. The summed E-state index contributed by atoms with van der Waals surface area (Å²) < 4.78 is 0. The van der Waals surface area contributed by atoms with Crippen LogP contribution in [-0.4, -0.2) is 23.1 Å². The van der Waals surface area contributed by atoms with Crippen molar-refractivity contribution in [2.24, 2.45) is 5.92 Å². The van der Waals surface area contributed by atoms with Gasteiger partial charge in [0.05, 0.1) is 5.56 Å². The maximum absolute atomic E-state index is 13.2. The third-order valence-corrected chi connectivity index (χ3v) is 5.39. The molecule has 2 aromatic carbocycles. The molecule has 3 rings (SSSR count). The fourth-order valence-corrected chi connectivity index (χ4v) is 3.58. The highest BCUT2D eigenvalue weighted by Gasteiger charge is 2.35. The number of carbonyl (C=O) groups excluding carboxylic acids is 1. The van der Waals surface area contributed by atoms with E-state index in [1.54, 1.807) is 11.8 Å². The number of carbonyl (C=O) groups is 1.